The van der Waals surface area contributed by atoms with Gasteiger partial charge in [-0.05, 0) is 6.92 Å². The summed E-state index contributed by atoms with van der Waals surface area (Å²) in [7, 11) is 0. The summed E-state index contributed by atoms with van der Waals surface area (Å²) >= 11 is 5.74. The lowest BCUT2D eigenvalue weighted by Crippen LogP contribution is -2.34. The molecule has 0 aromatic carbocycles. The summed E-state index contributed by atoms with van der Waals surface area (Å²) in [6, 6.07) is 0. The quantitative estimate of drug-likeness (QED) is 0.484. The van der Waals surface area contributed by atoms with E-state index in [1.807, 2.05) is 0 Å². The van der Waals surface area contributed by atoms with Gasteiger partial charge < -0.3 is 16.2 Å². The first-order chi connectivity index (χ1) is 7.95. The molecule has 1 aromatic heterocycles. The van der Waals surface area contributed by atoms with Crippen LogP contribution in [0.4, 0.5) is 5.82 Å². The summed E-state index contributed by atoms with van der Waals surface area (Å²) in [4.78, 5) is 29.1. The molecule has 1 amide bonds. The number of primary amides is 1. The topological polar surface area (TPSA) is 118 Å². The SMILES string of the molecule is Cc1nc(Cl)c(C=O)c(NCC(O)C(N)=O)n1. The number of aryl methyl sites for hydroxylation is 1. The van der Waals surface area contributed by atoms with Crippen LogP contribution in [0.5, 0.6) is 0 Å². The largest absolute Gasteiger partial charge is 0.381 e. The molecule has 8 heteroatoms. The molecule has 0 aliphatic rings. The Morgan fingerprint density at radius 2 is 2.29 bits per heavy atom. The van der Waals surface area contributed by atoms with Gasteiger partial charge in [0.05, 0.1) is 12.1 Å². The zero-order valence-electron chi connectivity index (χ0n) is 8.98. The Balaban J connectivity index is 2.90. The molecular formula is C9H11ClN4O3. The smallest absolute Gasteiger partial charge is 0.248 e. The van der Waals surface area contributed by atoms with Crippen molar-refractivity contribution in [3.8, 4) is 0 Å². The van der Waals surface area contributed by atoms with E-state index in [2.05, 4.69) is 15.3 Å². The second-order valence-electron chi connectivity index (χ2n) is 3.24. The van der Waals surface area contributed by atoms with Gasteiger partial charge in [-0.3, -0.25) is 9.59 Å². The molecule has 0 spiro atoms. The van der Waals surface area contributed by atoms with Crippen LogP contribution in [0.25, 0.3) is 0 Å². The monoisotopic (exact) mass is 258 g/mol. The average Bonchev–Trinajstić information content (AvgIpc) is 2.24. The highest BCUT2D eigenvalue weighted by Gasteiger charge is 2.14. The van der Waals surface area contributed by atoms with Crippen molar-refractivity contribution in [1.29, 1.82) is 0 Å². The van der Waals surface area contributed by atoms with Crippen LogP contribution in [0.3, 0.4) is 0 Å². The van der Waals surface area contributed by atoms with E-state index < -0.39 is 12.0 Å². The molecule has 0 saturated carbocycles. The van der Waals surface area contributed by atoms with Crippen molar-refractivity contribution in [3.05, 3.63) is 16.5 Å². The van der Waals surface area contributed by atoms with Crippen molar-refractivity contribution in [2.24, 2.45) is 5.73 Å². The molecule has 0 aliphatic carbocycles. The third kappa shape index (κ3) is 3.36. The maximum atomic E-state index is 10.8. The molecule has 1 heterocycles. The number of nitrogens with one attached hydrogen (secondary N) is 1. The predicted molar refractivity (Wildman–Crippen MR) is 60.9 cm³/mol. The lowest BCUT2D eigenvalue weighted by atomic mass is 10.3. The van der Waals surface area contributed by atoms with Crippen LogP contribution in [0.15, 0.2) is 0 Å². The molecule has 1 rings (SSSR count). The Hall–Kier alpha value is -1.73. The van der Waals surface area contributed by atoms with Crippen LogP contribution in [-0.2, 0) is 4.79 Å². The lowest BCUT2D eigenvalue weighted by Gasteiger charge is -2.11. The molecule has 0 radical (unpaired) electrons. The second kappa shape index (κ2) is 5.55. The number of halogens is 1. The van der Waals surface area contributed by atoms with Crippen molar-refractivity contribution in [1.82, 2.24) is 9.97 Å². The third-order valence-electron chi connectivity index (χ3n) is 1.92. The summed E-state index contributed by atoms with van der Waals surface area (Å²) < 4.78 is 0. The Morgan fingerprint density at radius 3 is 2.82 bits per heavy atom. The van der Waals surface area contributed by atoms with E-state index in [0.717, 1.165) is 0 Å². The van der Waals surface area contributed by atoms with Crippen molar-refractivity contribution in [2.45, 2.75) is 13.0 Å². The first-order valence-electron chi connectivity index (χ1n) is 4.66. The van der Waals surface area contributed by atoms with Gasteiger partial charge in [0, 0.05) is 0 Å². The number of hydrogen-bond acceptors (Lipinski definition) is 6. The normalized spacial score (nSPS) is 11.9. The number of rotatable bonds is 5. The summed E-state index contributed by atoms with van der Waals surface area (Å²) in [6.45, 7) is 1.43. The molecule has 92 valence electrons. The summed E-state index contributed by atoms with van der Waals surface area (Å²) in [5, 5.41) is 11.8. The number of aldehydes is 1. The number of aliphatic hydroxyl groups excluding tert-OH is 1. The fourth-order valence-electron chi connectivity index (χ4n) is 1.08. The molecule has 17 heavy (non-hydrogen) atoms. The maximum Gasteiger partial charge on any atom is 0.248 e. The van der Waals surface area contributed by atoms with Crippen LogP contribution >= 0.6 is 11.6 Å². The molecular weight excluding hydrogens is 248 g/mol. The predicted octanol–water partition coefficient (Wildman–Crippen LogP) is -0.491. The van der Waals surface area contributed by atoms with Gasteiger partial charge in [-0.2, -0.15) is 0 Å². The van der Waals surface area contributed by atoms with Gasteiger partial charge in [-0.1, -0.05) is 11.6 Å². The fourth-order valence-corrected chi connectivity index (χ4v) is 1.34. The van der Waals surface area contributed by atoms with E-state index in [4.69, 9.17) is 17.3 Å². The maximum absolute atomic E-state index is 10.8. The van der Waals surface area contributed by atoms with E-state index in [0.29, 0.717) is 12.1 Å². The Kier molecular flexibility index (Phi) is 4.36. The van der Waals surface area contributed by atoms with Crippen molar-refractivity contribution >= 4 is 29.6 Å². The van der Waals surface area contributed by atoms with E-state index >= 15 is 0 Å². The van der Waals surface area contributed by atoms with Gasteiger partial charge in [0.25, 0.3) is 0 Å². The van der Waals surface area contributed by atoms with Crippen LogP contribution in [0.2, 0.25) is 5.15 Å². The molecule has 0 saturated heterocycles. The second-order valence-corrected chi connectivity index (χ2v) is 3.60. The highest BCUT2D eigenvalue weighted by Crippen LogP contribution is 2.18. The average molecular weight is 259 g/mol. The van der Waals surface area contributed by atoms with Gasteiger partial charge in [-0.15, -0.1) is 0 Å². The number of anilines is 1. The standard InChI is InChI=1S/C9H11ClN4O3/c1-4-13-7(10)5(3-15)9(14-4)12-2-6(16)8(11)17/h3,6,16H,2H2,1H3,(H2,11,17)(H,12,13,14). The number of carbonyl (C=O) groups is 2. The van der Waals surface area contributed by atoms with Crippen LogP contribution in [-0.4, -0.2) is 39.9 Å². The van der Waals surface area contributed by atoms with E-state index in [-0.39, 0.29) is 23.1 Å². The highest BCUT2D eigenvalue weighted by molar-refractivity contribution is 6.32. The van der Waals surface area contributed by atoms with Gasteiger partial charge in [0.15, 0.2) is 6.29 Å². The van der Waals surface area contributed by atoms with E-state index in [1.54, 1.807) is 6.92 Å². The molecule has 0 fully saturated rings. The minimum absolute atomic E-state index is 0.00330. The summed E-state index contributed by atoms with van der Waals surface area (Å²) in [6.07, 6.45) is -0.885. The number of carbonyl (C=O) groups excluding carboxylic acids is 2. The lowest BCUT2D eigenvalue weighted by molar-refractivity contribution is -0.125. The van der Waals surface area contributed by atoms with E-state index in [1.165, 1.54) is 0 Å². The van der Waals surface area contributed by atoms with E-state index in [9.17, 15) is 14.7 Å². The Morgan fingerprint density at radius 1 is 1.65 bits per heavy atom. The number of amides is 1. The number of aliphatic hydroxyl groups is 1. The number of aromatic nitrogens is 2. The molecule has 1 aromatic rings. The Bertz CT molecular complexity index is 452. The minimum atomic E-state index is -1.37. The minimum Gasteiger partial charge on any atom is -0.381 e. The van der Waals surface area contributed by atoms with Gasteiger partial charge in [-0.25, -0.2) is 9.97 Å². The van der Waals surface area contributed by atoms with Crippen LogP contribution in [0, 0.1) is 6.92 Å². The molecule has 1 atom stereocenters. The van der Waals surface area contributed by atoms with Crippen LogP contribution in [0.1, 0.15) is 16.2 Å². The molecule has 4 N–H and O–H groups in total. The fraction of sp³-hybridized carbons (Fsp3) is 0.333. The van der Waals surface area contributed by atoms with Crippen molar-refractivity contribution in [2.75, 3.05) is 11.9 Å². The van der Waals surface area contributed by atoms with Crippen molar-refractivity contribution in [3.63, 3.8) is 0 Å². The number of nitrogens with zero attached hydrogens (tertiary/aromatic N) is 2. The molecule has 0 aliphatic heterocycles. The number of nitrogens with two attached hydrogens (primary N) is 1. The first kappa shape index (κ1) is 13.3. The molecule has 0 bridgehead atoms. The first-order valence-corrected chi connectivity index (χ1v) is 5.04. The molecule has 1 unspecified atom stereocenters. The highest BCUT2D eigenvalue weighted by atomic mass is 35.5. The van der Waals surface area contributed by atoms with Gasteiger partial charge in [0.2, 0.25) is 5.91 Å². The third-order valence-corrected chi connectivity index (χ3v) is 2.21. The zero-order valence-corrected chi connectivity index (χ0v) is 9.73. The van der Waals surface area contributed by atoms with Crippen molar-refractivity contribution < 1.29 is 14.7 Å². The molecule has 7 nitrogen and oxygen atoms in total. The number of hydrogen-bond donors (Lipinski definition) is 3. The summed E-state index contributed by atoms with van der Waals surface area (Å²) in [5.41, 5.74) is 4.94. The van der Waals surface area contributed by atoms with Gasteiger partial charge in [0.1, 0.15) is 22.9 Å². The van der Waals surface area contributed by atoms with Gasteiger partial charge >= 0.3 is 0 Å². The Labute approximate surface area is 102 Å². The summed E-state index contributed by atoms with van der Waals surface area (Å²) in [5.74, 6) is -0.364. The van der Waals surface area contributed by atoms with Crippen LogP contribution < -0.4 is 11.1 Å². The zero-order chi connectivity index (χ0) is 13.0.